The van der Waals surface area contributed by atoms with Gasteiger partial charge < -0.3 is 15.7 Å². The molecular weight excluding hydrogens is 407 g/mol. The van der Waals surface area contributed by atoms with E-state index in [0.717, 1.165) is 4.90 Å². The van der Waals surface area contributed by atoms with E-state index in [-0.39, 0.29) is 22.8 Å². The number of hydrogen-bond acceptors (Lipinski definition) is 4. The predicted octanol–water partition coefficient (Wildman–Crippen LogP) is 4.51. The van der Waals surface area contributed by atoms with Crippen LogP contribution in [0.5, 0.6) is 0 Å². The van der Waals surface area contributed by atoms with Crippen LogP contribution in [0.3, 0.4) is 0 Å². The van der Waals surface area contributed by atoms with Gasteiger partial charge in [0.05, 0.1) is 16.9 Å². The highest BCUT2D eigenvalue weighted by molar-refractivity contribution is 8.00. The molecular formula is C22H17FN2O4S. The summed E-state index contributed by atoms with van der Waals surface area (Å²) in [6.45, 7) is 0. The lowest BCUT2D eigenvalue weighted by Gasteiger charge is -2.09. The second kappa shape index (κ2) is 9.71. The molecule has 0 saturated heterocycles. The summed E-state index contributed by atoms with van der Waals surface area (Å²) in [4.78, 5) is 36.1. The van der Waals surface area contributed by atoms with E-state index in [1.807, 2.05) is 0 Å². The summed E-state index contributed by atoms with van der Waals surface area (Å²) in [5.74, 6) is -2.46. The summed E-state index contributed by atoms with van der Waals surface area (Å²) in [7, 11) is 0. The maximum Gasteiger partial charge on any atom is 0.335 e. The Labute approximate surface area is 176 Å². The van der Waals surface area contributed by atoms with Crippen molar-refractivity contribution in [2.24, 2.45) is 0 Å². The van der Waals surface area contributed by atoms with Crippen LogP contribution < -0.4 is 10.6 Å². The summed E-state index contributed by atoms with van der Waals surface area (Å²) in [6, 6.07) is 18.5. The molecule has 0 radical (unpaired) electrons. The molecule has 6 nitrogen and oxygen atoms in total. The Balaban J connectivity index is 1.58. The number of halogens is 1. The van der Waals surface area contributed by atoms with Crippen LogP contribution in [0.15, 0.2) is 77.7 Å². The highest BCUT2D eigenvalue weighted by Gasteiger charge is 2.12. The highest BCUT2D eigenvalue weighted by Crippen LogP contribution is 2.23. The monoisotopic (exact) mass is 424 g/mol. The normalized spacial score (nSPS) is 10.3. The maximum atomic E-state index is 13.7. The summed E-state index contributed by atoms with van der Waals surface area (Å²) < 4.78 is 13.7. The lowest BCUT2D eigenvalue weighted by molar-refractivity contribution is -0.113. The third kappa shape index (κ3) is 5.68. The molecule has 30 heavy (non-hydrogen) atoms. The number of aromatic carboxylic acids is 1. The van der Waals surface area contributed by atoms with E-state index in [4.69, 9.17) is 5.11 Å². The molecule has 0 atom stereocenters. The first kappa shape index (κ1) is 21.1. The number of nitrogens with one attached hydrogen (secondary N) is 2. The Morgan fingerprint density at radius 3 is 2.30 bits per heavy atom. The molecule has 3 aromatic carbocycles. The number of hydrogen-bond donors (Lipinski definition) is 3. The van der Waals surface area contributed by atoms with Crippen molar-refractivity contribution in [1.29, 1.82) is 0 Å². The molecule has 3 aromatic rings. The van der Waals surface area contributed by atoms with E-state index in [1.54, 1.807) is 42.5 Å². The molecule has 0 fully saturated rings. The van der Waals surface area contributed by atoms with Crippen molar-refractivity contribution in [1.82, 2.24) is 0 Å². The first-order valence-electron chi connectivity index (χ1n) is 8.84. The molecule has 0 aromatic heterocycles. The van der Waals surface area contributed by atoms with Gasteiger partial charge in [-0.2, -0.15) is 0 Å². The molecule has 0 unspecified atom stereocenters. The fourth-order valence-electron chi connectivity index (χ4n) is 2.58. The summed E-state index contributed by atoms with van der Waals surface area (Å²) in [6.07, 6.45) is 0. The van der Waals surface area contributed by atoms with Crippen molar-refractivity contribution in [2.45, 2.75) is 4.90 Å². The Morgan fingerprint density at radius 2 is 1.57 bits per heavy atom. The predicted molar refractivity (Wildman–Crippen MR) is 114 cm³/mol. The van der Waals surface area contributed by atoms with Gasteiger partial charge in [-0.15, -0.1) is 11.8 Å². The van der Waals surface area contributed by atoms with Crippen LogP contribution in [0.4, 0.5) is 15.8 Å². The molecule has 8 heteroatoms. The van der Waals surface area contributed by atoms with Gasteiger partial charge in [0.25, 0.3) is 5.91 Å². The Kier molecular flexibility index (Phi) is 6.82. The van der Waals surface area contributed by atoms with E-state index in [0.29, 0.717) is 11.4 Å². The van der Waals surface area contributed by atoms with Gasteiger partial charge in [-0.1, -0.05) is 24.3 Å². The third-order valence-corrected chi connectivity index (χ3v) is 4.97. The fraction of sp³-hybridized carbons (Fsp3) is 0.0455. The zero-order valence-electron chi connectivity index (χ0n) is 15.6. The standard InChI is InChI=1S/C22H17FN2O4S/c23-19-10-2-1-9-18(19)21(27)25-16-7-4-8-17(12-16)30-13-20(26)24-15-6-3-5-14(11-15)22(28)29/h1-12H,13H2,(H,24,26)(H,25,27)(H,28,29). The molecule has 0 bridgehead atoms. The van der Waals surface area contributed by atoms with E-state index in [2.05, 4.69) is 10.6 Å². The molecule has 0 saturated carbocycles. The third-order valence-electron chi connectivity index (χ3n) is 3.97. The van der Waals surface area contributed by atoms with Crippen LogP contribution in [-0.4, -0.2) is 28.6 Å². The minimum Gasteiger partial charge on any atom is -0.478 e. The van der Waals surface area contributed by atoms with Gasteiger partial charge in [0.1, 0.15) is 5.82 Å². The minimum atomic E-state index is -1.07. The van der Waals surface area contributed by atoms with Gasteiger partial charge >= 0.3 is 5.97 Å². The average molecular weight is 424 g/mol. The number of amides is 2. The lowest BCUT2D eigenvalue weighted by atomic mass is 10.2. The molecule has 0 aliphatic rings. The van der Waals surface area contributed by atoms with E-state index >= 15 is 0 Å². The van der Waals surface area contributed by atoms with Crippen LogP contribution in [0.2, 0.25) is 0 Å². The van der Waals surface area contributed by atoms with Crippen LogP contribution in [0.1, 0.15) is 20.7 Å². The smallest absolute Gasteiger partial charge is 0.335 e. The van der Waals surface area contributed by atoms with Gasteiger partial charge in [-0.05, 0) is 48.5 Å². The van der Waals surface area contributed by atoms with Gasteiger partial charge in [0.2, 0.25) is 5.91 Å². The van der Waals surface area contributed by atoms with Gasteiger partial charge in [-0.3, -0.25) is 9.59 Å². The fourth-order valence-corrected chi connectivity index (χ4v) is 3.34. The number of carbonyl (C=O) groups is 3. The quantitative estimate of drug-likeness (QED) is 0.485. The number of carbonyl (C=O) groups excluding carboxylic acids is 2. The molecule has 152 valence electrons. The van der Waals surface area contributed by atoms with Crippen LogP contribution in [-0.2, 0) is 4.79 Å². The number of rotatable bonds is 7. The largest absolute Gasteiger partial charge is 0.478 e. The topological polar surface area (TPSA) is 95.5 Å². The van der Waals surface area contributed by atoms with E-state index in [1.165, 1.54) is 42.1 Å². The molecule has 0 heterocycles. The summed E-state index contributed by atoms with van der Waals surface area (Å²) in [5.41, 5.74) is 0.895. The number of carboxylic acids is 1. The van der Waals surface area contributed by atoms with Crippen molar-refractivity contribution in [3.05, 3.63) is 89.7 Å². The minimum absolute atomic E-state index is 0.0569. The van der Waals surface area contributed by atoms with Gasteiger partial charge in [-0.25, -0.2) is 9.18 Å². The highest BCUT2D eigenvalue weighted by atomic mass is 32.2. The van der Waals surface area contributed by atoms with E-state index in [9.17, 15) is 18.8 Å². The number of thioether (sulfide) groups is 1. The first-order chi connectivity index (χ1) is 14.4. The molecule has 2 amide bonds. The average Bonchev–Trinajstić information content (AvgIpc) is 2.73. The number of carboxylic acid groups (broad SMARTS) is 1. The second-order valence-electron chi connectivity index (χ2n) is 6.18. The number of benzene rings is 3. The Hall–Kier alpha value is -3.65. The summed E-state index contributed by atoms with van der Waals surface area (Å²) >= 11 is 1.24. The molecule has 3 rings (SSSR count). The Bertz CT molecular complexity index is 1100. The van der Waals surface area contributed by atoms with Crippen molar-refractivity contribution in [2.75, 3.05) is 16.4 Å². The van der Waals surface area contributed by atoms with Crippen molar-refractivity contribution < 1.29 is 23.9 Å². The molecule has 0 aliphatic carbocycles. The van der Waals surface area contributed by atoms with Crippen LogP contribution in [0.25, 0.3) is 0 Å². The van der Waals surface area contributed by atoms with Gasteiger partial charge in [0.15, 0.2) is 0 Å². The number of anilines is 2. The SMILES string of the molecule is O=C(CSc1cccc(NC(=O)c2ccccc2F)c1)Nc1cccc(C(=O)O)c1. The Morgan fingerprint density at radius 1 is 0.867 bits per heavy atom. The summed E-state index contributed by atoms with van der Waals surface area (Å²) in [5, 5.41) is 14.3. The molecule has 3 N–H and O–H groups in total. The van der Waals surface area contributed by atoms with Crippen molar-refractivity contribution in [3.63, 3.8) is 0 Å². The molecule has 0 spiro atoms. The van der Waals surface area contributed by atoms with Crippen LogP contribution >= 0.6 is 11.8 Å². The maximum absolute atomic E-state index is 13.7. The zero-order chi connectivity index (χ0) is 21.5. The second-order valence-corrected chi connectivity index (χ2v) is 7.23. The van der Waals surface area contributed by atoms with Crippen LogP contribution in [0, 0.1) is 5.82 Å². The van der Waals surface area contributed by atoms with Crippen molar-refractivity contribution in [3.8, 4) is 0 Å². The van der Waals surface area contributed by atoms with E-state index < -0.39 is 17.7 Å². The molecule has 0 aliphatic heterocycles. The van der Waals surface area contributed by atoms with Gasteiger partial charge in [0, 0.05) is 16.3 Å². The first-order valence-corrected chi connectivity index (χ1v) is 9.83. The zero-order valence-corrected chi connectivity index (χ0v) is 16.4. The van der Waals surface area contributed by atoms with Crippen molar-refractivity contribution >= 4 is 40.9 Å². The lowest BCUT2D eigenvalue weighted by Crippen LogP contribution is -2.15.